The predicted octanol–water partition coefficient (Wildman–Crippen LogP) is 4.97. The summed E-state index contributed by atoms with van der Waals surface area (Å²) < 4.78 is 1.82. The van der Waals surface area contributed by atoms with Gasteiger partial charge >= 0.3 is 0 Å². The molecular weight excluding hydrogens is 367 g/mol. The highest BCUT2D eigenvalue weighted by atomic mass is 35.5. The smallest absolute Gasteiger partial charge is 0.113 e. The molecule has 1 N–H and O–H groups in total. The van der Waals surface area contributed by atoms with Gasteiger partial charge in [0.2, 0.25) is 0 Å². The average molecular weight is 382 g/mol. The molecule has 0 fully saturated rings. The summed E-state index contributed by atoms with van der Waals surface area (Å²) in [5, 5.41) is 13.1. The van der Waals surface area contributed by atoms with Crippen LogP contribution in [-0.2, 0) is 18.6 Å². The maximum Gasteiger partial charge on any atom is 0.113 e. The van der Waals surface area contributed by atoms with Crippen LogP contribution >= 0.6 is 34.8 Å². The molecule has 1 aromatic heterocycles. The van der Waals surface area contributed by atoms with E-state index in [1.807, 2.05) is 16.7 Å². The minimum atomic E-state index is -1.21. The van der Waals surface area contributed by atoms with Crippen LogP contribution in [0.1, 0.15) is 11.1 Å². The van der Waals surface area contributed by atoms with E-state index in [2.05, 4.69) is 4.98 Å². The van der Waals surface area contributed by atoms with Crippen LogP contribution in [-0.4, -0.2) is 14.7 Å². The Morgan fingerprint density at radius 2 is 1.71 bits per heavy atom. The van der Waals surface area contributed by atoms with E-state index in [0.29, 0.717) is 33.6 Å². The van der Waals surface area contributed by atoms with Crippen molar-refractivity contribution in [1.29, 1.82) is 0 Å². The Morgan fingerprint density at radius 1 is 1.00 bits per heavy atom. The van der Waals surface area contributed by atoms with Crippen molar-refractivity contribution >= 4 is 34.8 Å². The monoisotopic (exact) mass is 380 g/mol. The summed E-state index contributed by atoms with van der Waals surface area (Å²) in [6.07, 6.45) is 5.52. The van der Waals surface area contributed by atoms with E-state index in [1.54, 1.807) is 49.1 Å². The summed E-state index contributed by atoms with van der Waals surface area (Å²) in [5.41, 5.74) is 0.362. The minimum Gasteiger partial charge on any atom is -0.383 e. The minimum absolute atomic E-state index is 0.316. The first-order chi connectivity index (χ1) is 11.5. The highest BCUT2D eigenvalue weighted by Crippen LogP contribution is 2.34. The summed E-state index contributed by atoms with van der Waals surface area (Å²) in [4.78, 5) is 4.04. The summed E-state index contributed by atoms with van der Waals surface area (Å²) in [6, 6.07) is 12.5. The number of halogens is 3. The summed E-state index contributed by atoms with van der Waals surface area (Å²) in [6.45, 7) is 0.316. The second-order valence-electron chi connectivity index (χ2n) is 5.69. The summed E-state index contributed by atoms with van der Waals surface area (Å²) in [7, 11) is 0. The second kappa shape index (κ2) is 7.16. The lowest BCUT2D eigenvalue weighted by atomic mass is 9.87. The Labute approximate surface area is 155 Å². The van der Waals surface area contributed by atoms with Gasteiger partial charge in [0.25, 0.3) is 0 Å². The fraction of sp³-hybridized carbons (Fsp3) is 0.167. The molecule has 0 radical (unpaired) electrons. The largest absolute Gasteiger partial charge is 0.383 e. The maximum atomic E-state index is 11.4. The Morgan fingerprint density at radius 3 is 2.33 bits per heavy atom. The first kappa shape index (κ1) is 17.3. The lowest BCUT2D eigenvalue weighted by molar-refractivity contribution is 0.0186. The third-order valence-electron chi connectivity index (χ3n) is 3.85. The van der Waals surface area contributed by atoms with Gasteiger partial charge in [-0.25, -0.2) is 4.98 Å². The molecule has 1 heterocycles. The highest BCUT2D eigenvalue weighted by Gasteiger charge is 2.32. The third-order valence-corrected chi connectivity index (χ3v) is 4.65. The molecule has 3 nitrogen and oxygen atoms in total. The van der Waals surface area contributed by atoms with Crippen molar-refractivity contribution in [1.82, 2.24) is 9.55 Å². The molecule has 0 saturated heterocycles. The zero-order valence-corrected chi connectivity index (χ0v) is 14.9. The number of hydrogen-bond acceptors (Lipinski definition) is 2. The lowest BCUT2D eigenvalue weighted by Gasteiger charge is -2.30. The van der Waals surface area contributed by atoms with Crippen LogP contribution < -0.4 is 0 Å². The van der Waals surface area contributed by atoms with Crippen molar-refractivity contribution in [3.63, 3.8) is 0 Å². The zero-order chi connectivity index (χ0) is 17.2. The molecule has 0 amide bonds. The molecule has 1 unspecified atom stereocenters. The van der Waals surface area contributed by atoms with Gasteiger partial charge in [-0.05, 0) is 29.8 Å². The molecule has 0 saturated carbocycles. The molecule has 24 heavy (non-hydrogen) atoms. The van der Waals surface area contributed by atoms with Gasteiger partial charge in [0.05, 0.1) is 12.9 Å². The molecule has 0 aliphatic heterocycles. The molecule has 0 aliphatic carbocycles. The van der Waals surface area contributed by atoms with Gasteiger partial charge in [0.15, 0.2) is 0 Å². The number of aromatic nitrogens is 2. The molecule has 1 atom stereocenters. The van der Waals surface area contributed by atoms with Crippen molar-refractivity contribution in [3.8, 4) is 0 Å². The highest BCUT2D eigenvalue weighted by molar-refractivity contribution is 6.35. The van der Waals surface area contributed by atoms with Crippen LogP contribution in [0.3, 0.4) is 0 Å². The number of hydrogen-bond donors (Lipinski definition) is 1. The molecule has 0 aliphatic rings. The molecule has 0 bridgehead atoms. The van der Waals surface area contributed by atoms with Crippen LogP contribution in [0, 0.1) is 0 Å². The Balaban J connectivity index is 2.00. The topological polar surface area (TPSA) is 38.0 Å². The number of aliphatic hydroxyl groups is 1. The van der Waals surface area contributed by atoms with Crippen LogP contribution in [0.2, 0.25) is 15.1 Å². The molecule has 6 heteroatoms. The van der Waals surface area contributed by atoms with E-state index in [9.17, 15) is 5.11 Å². The van der Waals surface area contributed by atoms with Crippen LogP contribution in [0.15, 0.2) is 61.2 Å². The van der Waals surface area contributed by atoms with Gasteiger partial charge in [-0.1, -0.05) is 53.0 Å². The van der Waals surface area contributed by atoms with E-state index in [1.165, 1.54) is 0 Å². The fourth-order valence-corrected chi connectivity index (χ4v) is 3.44. The summed E-state index contributed by atoms with van der Waals surface area (Å²) >= 11 is 18.3. The van der Waals surface area contributed by atoms with Crippen molar-refractivity contribution < 1.29 is 5.11 Å². The number of imidazole rings is 1. The van der Waals surface area contributed by atoms with Crippen molar-refractivity contribution in [2.75, 3.05) is 0 Å². The van der Waals surface area contributed by atoms with Crippen LogP contribution in [0.5, 0.6) is 0 Å². The molecule has 3 aromatic rings. The van der Waals surface area contributed by atoms with Crippen LogP contribution in [0.4, 0.5) is 0 Å². The van der Waals surface area contributed by atoms with Gasteiger partial charge in [0.1, 0.15) is 5.60 Å². The summed E-state index contributed by atoms with van der Waals surface area (Å²) in [5.74, 6) is 0. The van der Waals surface area contributed by atoms with Gasteiger partial charge in [-0.2, -0.15) is 0 Å². The van der Waals surface area contributed by atoms with Gasteiger partial charge in [-0.15, -0.1) is 0 Å². The van der Waals surface area contributed by atoms with E-state index in [-0.39, 0.29) is 0 Å². The van der Waals surface area contributed by atoms with E-state index in [0.717, 1.165) is 5.56 Å². The second-order valence-corrected chi connectivity index (χ2v) is 6.97. The van der Waals surface area contributed by atoms with Crippen LogP contribution in [0.25, 0.3) is 0 Å². The van der Waals surface area contributed by atoms with Crippen molar-refractivity contribution in [2.45, 2.75) is 18.6 Å². The van der Waals surface area contributed by atoms with Gasteiger partial charge in [0, 0.05) is 39.4 Å². The lowest BCUT2D eigenvalue weighted by Crippen LogP contribution is -2.34. The predicted molar refractivity (Wildman–Crippen MR) is 97.7 cm³/mol. The third kappa shape index (κ3) is 3.93. The first-order valence-corrected chi connectivity index (χ1v) is 8.48. The molecule has 3 rings (SSSR count). The van der Waals surface area contributed by atoms with E-state index < -0.39 is 5.60 Å². The van der Waals surface area contributed by atoms with Gasteiger partial charge < -0.3 is 9.67 Å². The van der Waals surface area contributed by atoms with Gasteiger partial charge in [-0.3, -0.25) is 0 Å². The van der Waals surface area contributed by atoms with E-state index >= 15 is 0 Å². The molecular formula is C18H15Cl3N2O. The fourth-order valence-electron chi connectivity index (χ4n) is 2.73. The average Bonchev–Trinajstić information content (AvgIpc) is 3.02. The normalized spacial score (nSPS) is 13.7. The quantitative estimate of drug-likeness (QED) is 0.677. The first-order valence-electron chi connectivity index (χ1n) is 7.34. The van der Waals surface area contributed by atoms with E-state index in [4.69, 9.17) is 34.8 Å². The Hall–Kier alpha value is -1.52. The number of rotatable bonds is 5. The standard InChI is InChI=1S/C18H15Cl3N2O/c19-14-3-1-13(2-4-14)10-18(24,11-23-8-7-22-12-23)16-6-5-15(20)9-17(16)21/h1-9,12,24H,10-11H2. The zero-order valence-electron chi connectivity index (χ0n) is 12.7. The maximum absolute atomic E-state index is 11.4. The number of nitrogens with zero attached hydrogens (tertiary/aromatic N) is 2. The van der Waals surface area contributed by atoms with Crippen molar-refractivity contribution in [3.05, 3.63) is 87.4 Å². The molecule has 2 aromatic carbocycles. The molecule has 0 spiro atoms. The Kier molecular flexibility index (Phi) is 5.16. The molecule has 124 valence electrons. The SMILES string of the molecule is OC(Cc1ccc(Cl)cc1)(Cn1ccnc1)c1ccc(Cl)cc1Cl. The Bertz CT molecular complexity index is 819. The number of benzene rings is 2. The van der Waals surface area contributed by atoms with Crippen molar-refractivity contribution in [2.24, 2.45) is 0 Å².